The van der Waals surface area contributed by atoms with E-state index < -0.39 is 0 Å². The van der Waals surface area contributed by atoms with Crippen molar-refractivity contribution in [2.45, 2.75) is 20.0 Å². The average molecular weight is 438 g/mol. The standard InChI is InChI=1S/C25H22N6O2/c1-17-5-10-23-20(12-17)13-21(24-27-28-29-31(23)24)16-30(15-18-4-3-11-26-14-18)25(32)19-6-8-22(33-2)9-7-19/h3-14H,15-16H2,1-2H3. The highest BCUT2D eigenvalue weighted by Crippen LogP contribution is 2.23. The lowest BCUT2D eigenvalue weighted by Crippen LogP contribution is -2.30. The fourth-order valence-electron chi connectivity index (χ4n) is 3.93. The number of benzene rings is 2. The van der Waals surface area contributed by atoms with Crippen molar-refractivity contribution in [2.75, 3.05) is 7.11 Å². The van der Waals surface area contributed by atoms with Gasteiger partial charge in [-0.1, -0.05) is 17.7 Å². The van der Waals surface area contributed by atoms with Gasteiger partial charge in [-0.2, -0.15) is 4.52 Å². The zero-order chi connectivity index (χ0) is 22.8. The van der Waals surface area contributed by atoms with Crippen LogP contribution in [0.1, 0.15) is 27.0 Å². The van der Waals surface area contributed by atoms with E-state index in [1.165, 1.54) is 0 Å². The van der Waals surface area contributed by atoms with Gasteiger partial charge in [0.2, 0.25) is 0 Å². The number of tetrazole rings is 1. The highest BCUT2D eigenvalue weighted by atomic mass is 16.5. The van der Waals surface area contributed by atoms with Crippen LogP contribution in [0.15, 0.2) is 73.1 Å². The molecule has 0 spiro atoms. The molecule has 0 aliphatic heterocycles. The minimum atomic E-state index is -0.100. The van der Waals surface area contributed by atoms with Crippen molar-refractivity contribution in [3.63, 3.8) is 0 Å². The number of rotatable bonds is 6. The molecule has 2 aromatic carbocycles. The molecular weight excluding hydrogens is 416 g/mol. The Hall–Kier alpha value is -4.33. The summed E-state index contributed by atoms with van der Waals surface area (Å²) in [6.45, 7) is 2.79. The SMILES string of the molecule is COc1ccc(C(=O)N(Cc2cccnc2)Cc2cc3cc(C)ccc3n3nnnc23)cc1. The van der Waals surface area contributed by atoms with Crippen LogP contribution in [0.2, 0.25) is 0 Å². The van der Waals surface area contributed by atoms with Crippen LogP contribution in [0.25, 0.3) is 16.6 Å². The van der Waals surface area contributed by atoms with Gasteiger partial charge in [0.25, 0.3) is 5.91 Å². The fourth-order valence-corrected chi connectivity index (χ4v) is 3.93. The van der Waals surface area contributed by atoms with Crippen molar-refractivity contribution in [3.05, 3.63) is 95.3 Å². The molecule has 0 radical (unpaired) electrons. The van der Waals surface area contributed by atoms with Gasteiger partial charge in [0.1, 0.15) is 5.75 Å². The molecule has 1 amide bonds. The Morgan fingerprint density at radius 1 is 1.06 bits per heavy atom. The second-order valence-electron chi connectivity index (χ2n) is 7.90. The van der Waals surface area contributed by atoms with Crippen LogP contribution in [0.3, 0.4) is 0 Å². The highest BCUT2D eigenvalue weighted by Gasteiger charge is 2.20. The lowest BCUT2D eigenvalue weighted by molar-refractivity contribution is 0.0730. The number of fused-ring (bicyclic) bond motifs is 3. The third-order valence-electron chi connectivity index (χ3n) is 5.58. The number of aromatic nitrogens is 5. The summed E-state index contributed by atoms with van der Waals surface area (Å²) in [5.74, 6) is 0.600. The first-order valence-electron chi connectivity index (χ1n) is 10.5. The minimum Gasteiger partial charge on any atom is -0.497 e. The smallest absolute Gasteiger partial charge is 0.254 e. The van der Waals surface area contributed by atoms with E-state index in [2.05, 4.69) is 32.6 Å². The number of pyridine rings is 2. The number of methoxy groups -OCH3 is 1. The molecular formula is C25H22N6O2. The van der Waals surface area contributed by atoms with E-state index in [0.29, 0.717) is 30.0 Å². The number of ether oxygens (including phenoxy) is 1. The predicted octanol–water partition coefficient (Wildman–Crippen LogP) is 3.83. The van der Waals surface area contributed by atoms with Crippen molar-refractivity contribution in [3.8, 4) is 5.75 Å². The molecule has 164 valence electrons. The Kier molecular flexibility index (Phi) is 5.40. The molecule has 0 saturated carbocycles. The van der Waals surface area contributed by atoms with Crippen LogP contribution >= 0.6 is 0 Å². The summed E-state index contributed by atoms with van der Waals surface area (Å²) >= 11 is 0. The largest absolute Gasteiger partial charge is 0.497 e. The van der Waals surface area contributed by atoms with Gasteiger partial charge < -0.3 is 9.64 Å². The van der Waals surface area contributed by atoms with E-state index >= 15 is 0 Å². The van der Waals surface area contributed by atoms with E-state index in [-0.39, 0.29) is 5.91 Å². The highest BCUT2D eigenvalue weighted by molar-refractivity contribution is 5.94. The van der Waals surface area contributed by atoms with Gasteiger partial charge >= 0.3 is 0 Å². The van der Waals surface area contributed by atoms with Crippen molar-refractivity contribution >= 4 is 22.5 Å². The first-order valence-corrected chi connectivity index (χ1v) is 10.5. The molecule has 8 heteroatoms. The van der Waals surface area contributed by atoms with Crippen molar-refractivity contribution in [1.29, 1.82) is 0 Å². The van der Waals surface area contributed by atoms with E-state index in [0.717, 1.165) is 27.6 Å². The summed E-state index contributed by atoms with van der Waals surface area (Å²) in [7, 11) is 1.60. The maximum Gasteiger partial charge on any atom is 0.254 e. The summed E-state index contributed by atoms with van der Waals surface area (Å²) in [4.78, 5) is 19.5. The Bertz CT molecular complexity index is 1430. The van der Waals surface area contributed by atoms with Gasteiger partial charge in [0, 0.05) is 35.5 Å². The number of aryl methyl sites for hydroxylation is 1. The summed E-state index contributed by atoms with van der Waals surface area (Å²) in [5, 5.41) is 13.3. The molecule has 5 rings (SSSR count). The van der Waals surface area contributed by atoms with Crippen LogP contribution in [-0.2, 0) is 13.1 Å². The third-order valence-corrected chi connectivity index (χ3v) is 5.58. The third kappa shape index (κ3) is 4.10. The quantitative estimate of drug-likeness (QED) is 0.401. The number of hydrogen-bond donors (Lipinski definition) is 0. The zero-order valence-corrected chi connectivity index (χ0v) is 18.3. The van der Waals surface area contributed by atoms with E-state index in [4.69, 9.17) is 4.74 Å². The van der Waals surface area contributed by atoms with Crippen LogP contribution in [-0.4, -0.2) is 42.9 Å². The average Bonchev–Trinajstić information content (AvgIpc) is 3.34. The van der Waals surface area contributed by atoms with Gasteiger partial charge in [-0.15, -0.1) is 5.10 Å². The van der Waals surface area contributed by atoms with Crippen LogP contribution in [0, 0.1) is 6.92 Å². The van der Waals surface area contributed by atoms with Crippen LogP contribution in [0.4, 0.5) is 0 Å². The molecule has 3 aromatic heterocycles. The molecule has 0 unspecified atom stereocenters. The molecule has 0 fully saturated rings. The van der Waals surface area contributed by atoms with E-state index in [1.54, 1.807) is 53.2 Å². The van der Waals surface area contributed by atoms with Crippen molar-refractivity contribution in [1.82, 2.24) is 29.9 Å². The predicted molar refractivity (Wildman–Crippen MR) is 124 cm³/mol. The summed E-state index contributed by atoms with van der Waals surface area (Å²) in [5.41, 5.74) is 5.07. The number of nitrogens with zero attached hydrogens (tertiary/aromatic N) is 6. The van der Waals surface area contributed by atoms with Crippen molar-refractivity contribution in [2.24, 2.45) is 0 Å². The topological polar surface area (TPSA) is 85.5 Å². The normalized spacial score (nSPS) is 11.1. The maximum absolute atomic E-state index is 13.6. The van der Waals surface area contributed by atoms with Gasteiger partial charge in [0.15, 0.2) is 5.65 Å². The Balaban J connectivity index is 1.56. The second kappa shape index (κ2) is 8.66. The molecule has 0 N–H and O–H groups in total. The molecule has 0 aliphatic rings. The number of amides is 1. The molecule has 5 aromatic rings. The molecule has 3 heterocycles. The zero-order valence-electron chi connectivity index (χ0n) is 18.3. The molecule has 33 heavy (non-hydrogen) atoms. The number of carbonyl (C=O) groups excluding carboxylic acids is 1. The summed E-state index contributed by atoms with van der Waals surface area (Å²) in [6.07, 6.45) is 3.49. The molecule has 0 atom stereocenters. The lowest BCUT2D eigenvalue weighted by Gasteiger charge is -2.23. The molecule has 0 saturated heterocycles. The lowest BCUT2D eigenvalue weighted by atomic mass is 10.1. The molecule has 8 nitrogen and oxygen atoms in total. The first-order chi connectivity index (χ1) is 16.1. The summed E-state index contributed by atoms with van der Waals surface area (Å²) < 4.78 is 6.96. The maximum atomic E-state index is 13.6. The van der Waals surface area contributed by atoms with E-state index in [1.807, 2.05) is 31.2 Å². The van der Waals surface area contributed by atoms with Crippen LogP contribution < -0.4 is 4.74 Å². The Labute approximate surface area is 190 Å². The Morgan fingerprint density at radius 2 is 1.91 bits per heavy atom. The second-order valence-corrected chi connectivity index (χ2v) is 7.90. The molecule has 0 bridgehead atoms. The number of hydrogen-bond acceptors (Lipinski definition) is 6. The van der Waals surface area contributed by atoms with Gasteiger partial charge in [0.05, 0.1) is 19.2 Å². The number of carbonyl (C=O) groups is 1. The van der Waals surface area contributed by atoms with Gasteiger partial charge in [-0.05, 0) is 71.4 Å². The Morgan fingerprint density at radius 3 is 2.67 bits per heavy atom. The van der Waals surface area contributed by atoms with Gasteiger partial charge in [-0.3, -0.25) is 9.78 Å². The van der Waals surface area contributed by atoms with Crippen molar-refractivity contribution < 1.29 is 9.53 Å². The minimum absolute atomic E-state index is 0.100. The van der Waals surface area contributed by atoms with E-state index in [9.17, 15) is 4.79 Å². The summed E-state index contributed by atoms with van der Waals surface area (Å²) in [6, 6.07) is 19.1. The first kappa shape index (κ1) is 20.6. The fraction of sp³-hybridized carbons (Fsp3) is 0.160. The molecule has 0 aliphatic carbocycles. The van der Waals surface area contributed by atoms with Gasteiger partial charge in [-0.25, -0.2) is 0 Å². The monoisotopic (exact) mass is 438 g/mol. The van der Waals surface area contributed by atoms with Crippen LogP contribution in [0.5, 0.6) is 5.75 Å².